The second kappa shape index (κ2) is 2.98. The summed E-state index contributed by atoms with van der Waals surface area (Å²) in [6.07, 6.45) is 0. The summed E-state index contributed by atoms with van der Waals surface area (Å²) in [5.41, 5.74) is 2.65. The van der Waals surface area contributed by atoms with Gasteiger partial charge in [0.25, 0.3) is 0 Å². The molecule has 1 aromatic carbocycles. The van der Waals surface area contributed by atoms with Crippen molar-refractivity contribution in [3.05, 3.63) is 23.9 Å². The van der Waals surface area contributed by atoms with Crippen LogP contribution in [-0.2, 0) is 6.61 Å². The van der Waals surface area contributed by atoms with Gasteiger partial charge in [-0.05, 0) is 12.1 Å². The number of hydrogen-bond acceptors (Lipinski definition) is 4. The fourth-order valence-electron chi connectivity index (χ4n) is 1.66. The minimum atomic E-state index is 0.450. The van der Waals surface area contributed by atoms with Crippen LogP contribution in [0.3, 0.4) is 0 Å². The molecule has 15 heavy (non-hydrogen) atoms. The predicted molar refractivity (Wildman–Crippen MR) is 52.7 cm³/mol. The first-order chi connectivity index (χ1) is 7.38. The van der Waals surface area contributed by atoms with Crippen LogP contribution in [0.4, 0.5) is 0 Å². The highest BCUT2D eigenvalue weighted by Gasteiger charge is 2.21. The van der Waals surface area contributed by atoms with E-state index >= 15 is 0 Å². The Morgan fingerprint density at radius 3 is 3.20 bits per heavy atom. The van der Waals surface area contributed by atoms with Crippen molar-refractivity contribution in [3.8, 4) is 22.8 Å². The summed E-state index contributed by atoms with van der Waals surface area (Å²) < 4.78 is 10.7. The molecule has 0 saturated carbocycles. The highest BCUT2D eigenvalue weighted by atomic mass is 16.5. The molecular formula is C10H9N3O2. The van der Waals surface area contributed by atoms with Gasteiger partial charge in [-0.3, -0.25) is 0 Å². The molecule has 0 unspecified atom stereocenters. The summed E-state index contributed by atoms with van der Waals surface area (Å²) in [6.45, 7) is 0.450. The third-order valence-corrected chi connectivity index (χ3v) is 2.43. The van der Waals surface area contributed by atoms with E-state index in [1.54, 1.807) is 7.11 Å². The lowest BCUT2D eigenvalue weighted by Gasteiger charge is -2.15. The van der Waals surface area contributed by atoms with Crippen molar-refractivity contribution in [2.24, 2.45) is 0 Å². The summed E-state index contributed by atoms with van der Waals surface area (Å²) in [5, 5.41) is 10.7. The van der Waals surface area contributed by atoms with E-state index in [0.717, 1.165) is 28.5 Å². The van der Waals surface area contributed by atoms with E-state index in [4.69, 9.17) is 9.47 Å². The monoisotopic (exact) mass is 203 g/mol. The summed E-state index contributed by atoms with van der Waals surface area (Å²) in [4.78, 5) is 0. The Kier molecular flexibility index (Phi) is 1.65. The summed E-state index contributed by atoms with van der Waals surface area (Å²) >= 11 is 0. The van der Waals surface area contributed by atoms with E-state index in [9.17, 15) is 0 Å². The molecule has 5 heteroatoms. The van der Waals surface area contributed by atoms with Crippen molar-refractivity contribution in [2.75, 3.05) is 7.11 Å². The number of rotatable bonds is 1. The van der Waals surface area contributed by atoms with E-state index in [2.05, 4.69) is 15.4 Å². The molecule has 3 rings (SSSR count). The van der Waals surface area contributed by atoms with Crippen LogP contribution in [0.1, 0.15) is 5.69 Å². The predicted octanol–water partition coefficient (Wildman–Crippen LogP) is 1.37. The van der Waals surface area contributed by atoms with Gasteiger partial charge >= 0.3 is 0 Å². The number of fused-ring (bicyclic) bond motifs is 3. The van der Waals surface area contributed by atoms with E-state index in [0.29, 0.717) is 6.61 Å². The van der Waals surface area contributed by atoms with Crippen LogP contribution in [0.5, 0.6) is 11.5 Å². The normalized spacial score (nSPS) is 12.6. The van der Waals surface area contributed by atoms with Crippen LogP contribution < -0.4 is 9.47 Å². The zero-order valence-electron chi connectivity index (χ0n) is 8.15. The zero-order chi connectivity index (χ0) is 10.3. The summed E-state index contributed by atoms with van der Waals surface area (Å²) in [5.74, 6) is 1.57. The molecule has 0 saturated heterocycles. The van der Waals surface area contributed by atoms with E-state index in [1.807, 2.05) is 18.2 Å². The molecule has 0 spiro atoms. The van der Waals surface area contributed by atoms with Gasteiger partial charge in [0.05, 0.1) is 7.11 Å². The Morgan fingerprint density at radius 2 is 2.33 bits per heavy atom. The zero-order valence-corrected chi connectivity index (χ0v) is 8.15. The minimum Gasteiger partial charge on any atom is -0.497 e. The molecule has 1 aromatic heterocycles. The molecule has 0 atom stereocenters. The van der Waals surface area contributed by atoms with Crippen molar-refractivity contribution in [2.45, 2.75) is 6.61 Å². The fourth-order valence-corrected chi connectivity index (χ4v) is 1.66. The van der Waals surface area contributed by atoms with Gasteiger partial charge < -0.3 is 9.47 Å². The van der Waals surface area contributed by atoms with Crippen molar-refractivity contribution in [1.82, 2.24) is 15.4 Å². The number of methoxy groups -OCH3 is 1. The van der Waals surface area contributed by atoms with Gasteiger partial charge in [-0.2, -0.15) is 15.4 Å². The smallest absolute Gasteiger partial charge is 0.134 e. The van der Waals surface area contributed by atoms with Gasteiger partial charge in [0.15, 0.2) is 0 Å². The molecule has 1 N–H and O–H groups in total. The van der Waals surface area contributed by atoms with Crippen LogP contribution in [0, 0.1) is 0 Å². The van der Waals surface area contributed by atoms with Gasteiger partial charge in [-0.15, -0.1) is 0 Å². The van der Waals surface area contributed by atoms with Gasteiger partial charge in [0, 0.05) is 11.6 Å². The first-order valence-corrected chi connectivity index (χ1v) is 4.59. The maximum atomic E-state index is 5.55. The standard InChI is InChI=1S/C10H9N3O2/c1-14-6-2-3-7-9(4-6)15-5-8-10(7)12-13-11-8/h2-4H,5H2,1H3,(H,11,12,13). The maximum absolute atomic E-state index is 5.55. The number of hydrogen-bond donors (Lipinski definition) is 1. The molecule has 1 aliphatic heterocycles. The second-order valence-corrected chi connectivity index (χ2v) is 3.27. The summed E-state index contributed by atoms with van der Waals surface area (Å²) in [6, 6.07) is 5.66. The minimum absolute atomic E-state index is 0.450. The lowest BCUT2D eigenvalue weighted by atomic mass is 10.1. The highest BCUT2D eigenvalue weighted by Crippen LogP contribution is 2.37. The molecule has 76 valence electrons. The first kappa shape index (κ1) is 8.28. The Labute approximate surface area is 86.0 Å². The third-order valence-electron chi connectivity index (χ3n) is 2.43. The summed E-state index contributed by atoms with van der Waals surface area (Å²) in [7, 11) is 1.63. The number of aromatic nitrogens is 3. The van der Waals surface area contributed by atoms with Gasteiger partial charge in [0.1, 0.15) is 29.5 Å². The van der Waals surface area contributed by atoms with Gasteiger partial charge in [-0.25, -0.2) is 0 Å². The number of ether oxygens (including phenoxy) is 2. The number of benzene rings is 1. The molecule has 0 bridgehead atoms. The third kappa shape index (κ3) is 1.16. The fraction of sp³-hybridized carbons (Fsp3) is 0.200. The molecule has 0 fully saturated rings. The molecular weight excluding hydrogens is 194 g/mol. The van der Waals surface area contributed by atoms with Crippen molar-refractivity contribution in [3.63, 3.8) is 0 Å². The lowest BCUT2D eigenvalue weighted by Crippen LogP contribution is -2.05. The van der Waals surface area contributed by atoms with Crippen LogP contribution in [0.25, 0.3) is 11.3 Å². The van der Waals surface area contributed by atoms with Crippen LogP contribution in [-0.4, -0.2) is 22.5 Å². The highest BCUT2D eigenvalue weighted by molar-refractivity contribution is 5.71. The Hall–Kier alpha value is -2.04. The van der Waals surface area contributed by atoms with Gasteiger partial charge in [0.2, 0.25) is 0 Å². The Balaban J connectivity index is 2.18. The number of H-pyrrole nitrogens is 1. The maximum Gasteiger partial charge on any atom is 0.134 e. The average Bonchev–Trinajstić information content (AvgIpc) is 2.76. The lowest BCUT2D eigenvalue weighted by molar-refractivity contribution is 0.295. The average molecular weight is 203 g/mol. The van der Waals surface area contributed by atoms with Gasteiger partial charge in [-0.1, -0.05) is 0 Å². The quantitative estimate of drug-likeness (QED) is 0.760. The largest absolute Gasteiger partial charge is 0.497 e. The van der Waals surface area contributed by atoms with Crippen molar-refractivity contribution >= 4 is 0 Å². The molecule has 1 aliphatic rings. The number of nitrogens with one attached hydrogen (secondary N) is 1. The Morgan fingerprint density at radius 1 is 1.40 bits per heavy atom. The Bertz CT molecular complexity index is 507. The molecule has 0 radical (unpaired) electrons. The molecule has 5 nitrogen and oxygen atoms in total. The first-order valence-electron chi connectivity index (χ1n) is 4.59. The second-order valence-electron chi connectivity index (χ2n) is 3.27. The SMILES string of the molecule is COc1ccc2c(c1)OCc1n[nH]nc1-2. The number of aromatic amines is 1. The molecule has 2 heterocycles. The van der Waals surface area contributed by atoms with Crippen LogP contribution in [0.15, 0.2) is 18.2 Å². The van der Waals surface area contributed by atoms with E-state index in [1.165, 1.54) is 0 Å². The van der Waals surface area contributed by atoms with Crippen molar-refractivity contribution in [1.29, 1.82) is 0 Å². The molecule has 2 aromatic rings. The molecule has 0 amide bonds. The topological polar surface area (TPSA) is 60.0 Å². The molecule has 0 aliphatic carbocycles. The van der Waals surface area contributed by atoms with Crippen LogP contribution in [0.2, 0.25) is 0 Å². The van der Waals surface area contributed by atoms with E-state index in [-0.39, 0.29) is 0 Å². The van der Waals surface area contributed by atoms with Crippen molar-refractivity contribution < 1.29 is 9.47 Å². The number of nitrogens with zero attached hydrogens (tertiary/aromatic N) is 2. The van der Waals surface area contributed by atoms with E-state index < -0.39 is 0 Å². The van der Waals surface area contributed by atoms with Crippen LogP contribution >= 0.6 is 0 Å².